The molecule has 0 aliphatic rings. The zero-order valence-corrected chi connectivity index (χ0v) is 12.5. The van der Waals surface area contributed by atoms with Crippen LogP contribution >= 0.6 is 0 Å². The molecule has 1 aromatic carbocycles. The van der Waals surface area contributed by atoms with Crippen LogP contribution in [0.1, 0.15) is 45.6 Å². The van der Waals surface area contributed by atoms with Crippen LogP contribution in [0.3, 0.4) is 0 Å². The molecule has 2 nitrogen and oxygen atoms in total. The molecule has 0 unspecified atom stereocenters. The maximum Gasteiger partial charge on any atom is 0.146 e. The Morgan fingerprint density at radius 2 is 1.95 bits per heavy atom. The molecule has 0 saturated heterocycles. The molecular weight excluding hydrogens is 239 g/mol. The van der Waals surface area contributed by atoms with Crippen LogP contribution in [0.4, 0.5) is 10.1 Å². The molecule has 0 saturated carbocycles. The lowest BCUT2D eigenvalue weighted by atomic mass is 10.1. The number of benzene rings is 1. The smallest absolute Gasteiger partial charge is 0.146 e. The summed E-state index contributed by atoms with van der Waals surface area (Å²) < 4.78 is 14.2. The quantitative estimate of drug-likeness (QED) is 0.681. The van der Waals surface area contributed by atoms with Gasteiger partial charge in [0, 0.05) is 19.6 Å². The summed E-state index contributed by atoms with van der Waals surface area (Å²) in [7, 11) is 0. The van der Waals surface area contributed by atoms with Gasteiger partial charge in [0.2, 0.25) is 0 Å². The van der Waals surface area contributed by atoms with Gasteiger partial charge in [-0.25, -0.2) is 4.39 Å². The number of para-hydroxylation sites is 1. The van der Waals surface area contributed by atoms with Crippen LogP contribution in [-0.4, -0.2) is 19.6 Å². The van der Waals surface area contributed by atoms with Crippen molar-refractivity contribution in [2.45, 2.75) is 46.6 Å². The molecule has 0 atom stereocenters. The predicted octanol–water partition coefficient (Wildman–Crippen LogP) is 3.95. The molecule has 19 heavy (non-hydrogen) atoms. The van der Waals surface area contributed by atoms with E-state index in [0.29, 0.717) is 0 Å². The zero-order valence-electron chi connectivity index (χ0n) is 12.5. The number of halogens is 1. The predicted molar refractivity (Wildman–Crippen MR) is 81.2 cm³/mol. The number of nitrogens with zero attached hydrogens (tertiary/aromatic N) is 1. The van der Waals surface area contributed by atoms with Crippen molar-refractivity contribution in [2.24, 2.45) is 0 Å². The number of unbranched alkanes of at least 4 members (excludes halogenated alkanes) is 1. The second-order valence-corrected chi connectivity index (χ2v) is 4.86. The molecule has 1 rings (SSSR count). The molecule has 0 spiro atoms. The minimum Gasteiger partial charge on any atom is -0.369 e. The molecule has 1 aromatic rings. The first kappa shape index (κ1) is 16.0. The third-order valence-corrected chi connectivity index (χ3v) is 3.29. The Hall–Kier alpha value is -1.09. The summed E-state index contributed by atoms with van der Waals surface area (Å²) in [6.45, 7) is 9.88. The fourth-order valence-corrected chi connectivity index (χ4v) is 2.23. The van der Waals surface area contributed by atoms with Gasteiger partial charge in [-0.15, -0.1) is 0 Å². The normalized spacial score (nSPS) is 10.7. The first-order chi connectivity index (χ1) is 9.24. The Morgan fingerprint density at radius 3 is 2.58 bits per heavy atom. The van der Waals surface area contributed by atoms with Gasteiger partial charge < -0.3 is 10.2 Å². The molecule has 0 aliphatic carbocycles. The van der Waals surface area contributed by atoms with E-state index >= 15 is 0 Å². The lowest BCUT2D eigenvalue weighted by Crippen LogP contribution is -2.27. The van der Waals surface area contributed by atoms with Crippen molar-refractivity contribution in [1.29, 1.82) is 0 Å². The Kier molecular flexibility index (Phi) is 7.49. The molecule has 3 heteroatoms. The van der Waals surface area contributed by atoms with E-state index < -0.39 is 0 Å². The number of nitrogens with one attached hydrogen (secondary N) is 1. The highest BCUT2D eigenvalue weighted by molar-refractivity contribution is 5.54. The van der Waals surface area contributed by atoms with Crippen molar-refractivity contribution in [2.75, 3.05) is 24.5 Å². The van der Waals surface area contributed by atoms with E-state index in [4.69, 9.17) is 0 Å². The van der Waals surface area contributed by atoms with Gasteiger partial charge in [-0.2, -0.15) is 0 Å². The lowest BCUT2D eigenvalue weighted by molar-refractivity contribution is 0.604. The second-order valence-electron chi connectivity index (χ2n) is 4.86. The van der Waals surface area contributed by atoms with Crippen LogP contribution in [0.15, 0.2) is 18.2 Å². The van der Waals surface area contributed by atoms with Gasteiger partial charge in [-0.1, -0.05) is 32.4 Å². The number of rotatable bonds is 9. The van der Waals surface area contributed by atoms with Gasteiger partial charge in [0.25, 0.3) is 0 Å². The summed E-state index contributed by atoms with van der Waals surface area (Å²) in [6, 6.07) is 5.39. The van der Waals surface area contributed by atoms with Crippen molar-refractivity contribution in [3.63, 3.8) is 0 Å². The van der Waals surface area contributed by atoms with E-state index in [1.165, 1.54) is 0 Å². The van der Waals surface area contributed by atoms with E-state index in [1.807, 2.05) is 6.07 Å². The van der Waals surface area contributed by atoms with E-state index in [9.17, 15) is 4.39 Å². The van der Waals surface area contributed by atoms with Crippen molar-refractivity contribution in [3.05, 3.63) is 29.6 Å². The Bertz CT molecular complexity index is 366. The third-order valence-electron chi connectivity index (χ3n) is 3.29. The van der Waals surface area contributed by atoms with E-state index in [1.54, 1.807) is 12.1 Å². The van der Waals surface area contributed by atoms with Gasteiger partial charge in [0.05, 0.1) is 5.69 Å². The molecule has 0 heterocycles. The highest BCUT2D eigenvalue weighted by Crippen LogP contribution is 2.25. The van der Waals surface area contributed by atoms with E-state index in [-0.39, 0.29) is 5.82 Å². The minimum absolute atomic E-state index is 0.103. The number of hydrogen-bond acceptors (Lipinski definition) is 2. The topological polar surface area (TPSA) is 15.3 Å². The fourth-order valence-electron chi connectivity index (χ4n) is 2.23. The summed E-state index contributed by atoms with van der Waals surface area (Å²) in [4.78, 5) is 2.15. The maximum atomic E-state index is 14.2. The van der Waals surface area contributed by atoms with Crippen molar-refractivity contribution in [1.82, 2.24) is 5.32 Å². The molecule has 0 aromatic heterocycles. The molecule has 1 N–H and O–H groups in total. The molecular formula is C16H27FN2. The van der Waals surface area contributed by atoms with Crippen LogP contribution in [0.2, 0.25) is 0 Å². The molecule has 0 aliphatic heterocycles. The third kappa shape index (κ3) is 4.83. The van der Waals surface area contributed by atoms with Crippen LogP contribution in [-0.2, 0) is 6.54 Å². The molecule has 0 amide bonds. The van der Waals surface area contributed by atoms with Gasteiger partial charge in [0.1, 0.15) is 5.82 Å². The van der Waals surface area contributed by atoms with Crippen LogP contribution in [0.25, 0.3) is 0 Å². The minimum atomic E-state index is -0.103. The van der Waals surface area contributed by atoms with Crippen molar-refractivity contribution < 1.29 is 4.39 Å². The van der Waals surface area contributed by atoms with Gasteiger partial charge in [-0.3, -0.25) is 0 Å². The summed E-state index contributed by atoms with van der Waals surface area (Å²) in [5.74, 6) is -0.103. The second kappa shape index (κ2) is 8.92. The van der Waals surface area contributed by atoms with Crippen molar-refractivity contribution in [3.8, 4) is 0 Å². The van der Waals surface area contributed by atoms with Gasteiger partial charge in [-0.05, 0) is 37.9 Å². The van der Waals surface area contributed by atoms with Crippen LogP contribution in [0, 0.1) is 5.82 Å². The lowest BCUT2D eigenvalue weighted by Gasteiger charge is -2.26. The SMILES string of the molecule is CCCCN(CC)c1c(F)cccc1CNCCC. The largest absolute Gasteiger partial charge is 0.369 e. The standard InChI is InChI=1S/C16H27FN2/c1-4-7-12-19(6-3)16-14(13-18-11-5-2)9-8-10-15(16)17/h8-10,18H,4-7,11-13H2,1-3H3. The monoisotopic (exact) mass is 266 g/mol. The van der Waals surface area contributed by atoms with E-state index in [0.717, 1.165) is 56.7 Å². The Labute approximate surface area is 117 Å². The summed E-state index contributed by atoms with van der Waals surface area (Å²) in [5, 5.41) is 3.36. The Balaban J connectivity index is 2.88. The van der Waals surface area contributed by atoms with Crippen molar-refractivity contribution >= 4 is 5.69 Å². The number of anilines is 1. The molecule has 0 bridgehead atoms. The average Bonchev–Trinajstić information content (AvgIpc) is 2.42. The first-order valence-corrected chi connectivity index (χ1v) is 7.47. The summed E-state index contributed by atoms with van der Waals surface area (Å²) in [6.07, 6.45) is 3.33. The first-order valence-electron chi connectivity index (χ1n) is 7.47. The van der Waals surface area contributed by atoms with Gasteiger partial charge >= 0.3 is 0 Å². The summed E-state index contributed by atoms with van der Waals surface area (Å²) in [5.41, 5.74) is 1.84. The molecule has 0 fully saturated rings. The highest BCUT2D eigenvalue weighted by Gasteiger charge is 2.14. The zero-order chi connectivity index (χ0) is 14.1. The van der Waals surface area contributed by atoms with Crippen LogP contribution < -0.4 is 10.2 Å². The Morgan fingerprint density at radius 1 is 1.16 bits per heavy atom. The highest BCUT2D eigenvalue weighted by atomic mass is 19.1. The van der Waals surface area contributed by atoms with Crippen LogP contribution in [0.5, 0.6) is 0 Å². The molecule has 0 radical (unpaired) electrons. The van der Waals surface area contributed by atoms with E-state index in [2.05, 4.69) is 31.0 Å². The average molecular weight is 266 g/mol. The molecule has 108 valence electrons. The van der Waals surface area contributed by atoms with Gasteiger partial charge in [0.15, 0.2) is 0 Å². The number of hydrogen-bond donors (Lipinski definition) is 1. The summed E-state index contributed by atoms with van der Waals surface area (Å²) >= 11 is 0. The fraction of sp³-hybridized carbons (Fsp3) is 0.625. The maximum absolute atomic E-state index is 14.2.